The molecule has 4 aromatic carbocycles. The molecule has 9 rings (SSSR count). The maximum Gasteiger partial charge on any atom is 0.119 e. The number of aromatic amines is 2. The minimum Gasteiger partial charge on any atom is -0.497 e. The zero-order chi connectivity index (χ0) is 38.2. The van der Waals surface area contributed by atoms with Crippen molar-refractivity contribution in [2.45, 2.75) is 0 Å². The van der Waals surface area contributed by atoms with Gasteiger partial charge < -0.3 is 19.4 Å². The first kappa shape index (κ1) is 33.9. The van der Waals surface area contributed by atoms with Crippen LogP contribution < -0.4 is 9.47 Å². The molecule has 2 aliphatic rings. The highest BCUT2D eigenvalue weighted by Crippen LogP contribution is 2.39. The van der Waals surface area contributed by atoms with Gasteiger partial charge in [0, 0.05) is 44.3 Å². The molecule has 0 saturated heterocycles. The third-order valence-corrected chi connectivity index (χ3v) is 10.1. The number of methoxy groups -OCH3 is 2. The number of benzene rings is 4. The lowest BCUT2D eigenvalue weighted by molar-refractivity contribution is 0.415. The van der Waals surface area contributed by atoms with Crippen molar-refractivity contribution in [2.24, 2.45) is 0 Å². The van der Waals surface area contributed by atoms with Gasteiger partial charge in [0.2, 0.25) is 0 Å². The van der Waals surface area contributed by atoms with E-state index in [9.17, 15) is 10.5 Å². The average molecular weight is 725 g/mol. The second-order valence-corrected chi connectivity index (χ2v) is 13.3. The largest absolute Gasteiger partial charge is 0.497 e. The van der Waals surface area contributed by atoms with Crippen molar-refractivity contribution in [1.29, 1.82) is 10.5 Å². The second kappa shape index (κ2) is 14.1. The lowest BCUT2D eigenvalue weighted by Crippen LogP contribution is -1.91. The van der Waals surface area contributed by atoms with Crippen molar-refractivity contribution >= 4 is 46.4 Å². The van der Waals surface area contributed by atoms with Crippen LogP contribution in [0.5, 0.6) is 11.5 Å². The van der Waals surface area contributed by atoms with Crippen LogP contribution in [0.25, 0.3) is 90.9 Å². The number of nitrogens with one attached hydrogen (secondary N) is 2. The van der Waals surface area contributed by atoms with Crippen LogP contribution in [0.1, 0.15) is 33.9 Å². The Morgan fingerprint density at radius 1 is 0.429 bits per heavy atom. The number of nitriles is 2. The van der Waals surface area contributed by atoms with Gasteiger partial charge in [0.15, 0.2) is 0 Å². The van der Waals surface area contributed by atoms with Gasteiger partial charge >= 0.3 is 0 Å². The highest BCUT2D eigenvalue weighted by molar-refractivity contribution is 6.00. The van der Waals surface area contributed by atoms with Crippen molar-refractivity contribution in [3.05, 3.63) is 155 Å². The monoisotopic (exact) mass is 724 g/mol. The number of nitrogens with zero attached hydrogens (tertiary/aromatic N) is 4. The van der Waals surface area contributed by atoms with E-state index in [1.807, 2.05) is 97.1 Å². The van der Waals surface area contributed by atoms with Gasteiger partial charge in [-0.15, -0.1) is 0 Å². The number of hydrogen-bond acceptors (Lipinski definition) is 6. The van der Waals surface area contributed by atoms with E-state index in [1.54, 1.807) is 14.2 Å². The van der Waals surface area contributed by atoms with E-state index in [0.29, 0.717) is 11.1 Å². The van der Waals surface area contributed by atoms with E-state index in [2.05, 4.69) is 70.7 Å². The van der Waals surface area contributed by atoms with Gasteiger partial charge in [-0.3, -0.25) is 0 Å². The van der Waals surface area contributed by atoms with E-state index in [1.165, 1.54) is 0 Å². The lowest BCUT2D eigenvalue weighted by Gasteiger charge is -2.08. The Bertz CT molecular complexity index is 2810. The highest BCUT2D eigenvalue weighted by atomic mass is 16.5. The van der Waals surface area contributed by atoms with Crippen LogP contribution in [0.4, 0.5) is 0 Å². The fourth-order valence-corrected chi connectivity index (χ4v) is 7.40. The van der Waals surface area contributed by atoms with E-state index in [-0.39, 0.29) is 0 Å². The van der Waals surface area contributed by atoms with Gasteiger partial charge in [0.25, 0.3) is 0 Å². The maximum absolute atomic E-state index is 9.60. The first-order valence-electron chi connectivity index (χ1n) is 18.0. The van der Waals surface area contributed by atoms with Crippen LogP contribution in [-0.4, -0.2) is 34.2 Å². The van der Waals surface area contributed by atoms with Gasteiger partial charge in [-0.05, 0) is 119 Å². The van der Waals surface area contributed by atoms with Crippen LogP contribution in [0.15, 0.2) is 121 Å². The quantitative estimate of drug-likeness (QED) is 0.176. The van der Waals surface area contributed by atoms with Crippen LogP contribution in [0.3, 0.4) is 0 Å². The zero-order valence-electron chi connectivity index (χ0n) is 30.5. The van der Waals surface area contributed by atoms with E-state index >= 15 is 0 Å². The molecule has 8 bridgehead atoms. The summed E-state index contributed by atoms with van der Waals surface area (Å²) in [5, 5.41) is 19.2. The normalized spacial score (nSPS) is 11.6. The molecule has 0 fully saturated rings. The van der Waals surface area contributed by atoms with E-state index in [4.69, 9.17) is 19.4 Å². The average Bonchev–Trinajstić information content (AvgIpc) is 4.10. The summed E-state index contributed by atoms with van der Waals surface area (Å²) in [6, 6.07) is 43.8. The Kier molecular flexibility index (Phi) is 8.55. The molecule has 3 aromatic heterocycles. The summed E-state index contributed by atoms with van der Waals surface area (Å²) in [5.41, 5.74) is 14.8. The van der Waals surface area contributed by atoms with Gasteiger partial charge in [-0.25, -0.2) is 9.97 Å². The van der Waals surface area contributed by atoms with Gasteiger partial charge in [0.05, 0.1) is 60.3 Å². The number of fused-ring (bicyclic) bond motifs is 8. The molecule has 2 N–H and O–H groups in total. The summed E-state index contributed by atoms with van der Waals surface area (Å²) in [4.78, 5) is 18.2. The van der Waals surface area contributed by atoms with E-state index < -0.39 is 0 Å². The molecule has 56 heavy (non-hydrogen) atoms. The molecule has 0 radical (unpaired) electrons. The maximum atomic E-state index is 9.60. The molecular formula is C48H32N6O2. The number of aromatic nitrogens is 4. The number of H-pyrrole nitrogens is 2. The Labute approximate surface area is 323 Å². The van der Waals surface area contributed by atoms with Gasteiger partial charge in [-0.1, -0.05) is 48.5 Å². The smallest absolute Gasteiger partial charge is 0.119 e. The summed E-state index contributed by atoms with van der Waals surface area (Å²) in [5.74, 6) is 1.46. The summed E-state index contributed by atoms with van der Waals surface area (Å²) in [6.07, 6.45) is 8.16. The minimum atomic E-state index is 0.571. The van der Waals surface area contributed by atoms with Gasteiger partial charge in [-0.2, -0.15) is 10.5 Å². The predicted octanol–water partition coefficient (Wildman–Crippen LogP) is 11.1. The SMILES string of the molecule is COc1cccc(-c2c3nc(c(-c4cccc(OC)c4)c4ccc([nH]4)c(-c4ccc(C#N)cc4)c4nc(c(-c5ccc(C#N)cc5)c5ccc2[nH]5)C=C4)C=C3)c1. The molecule has 0 amide bonds. The Morgan fingerprint density at radius 3 is 1.09 bits per heavy atom. The van der Waals surface area contributed by atoms with Crippen LogP contribution in [0, 0.1) is 22.7 Å². The number of ether oxygens (including phenoxy) is 2. The molecule has 8 nitrogen and oxygen atoms in total. The van der Waals surface area contributed by atoms with Crippen molar-refractivity contribution < 1.29 is 9.47 Å². The summed E-state index contributed by atoms with van der Waals surface area (Å²) >= 11 is 0. The summed E-state index contributed by atoms with van der Waals surface area (Å²) < 4.78 is 11.3. The molecule has 8 heteroatoms. The summed E-state index contributed by atoms with van der Waals surface area (Å²) in [7, 11) is 3.33. The predicted molar refractivity (Wildman–Crippen MR) is 223 cm³/mol. The van der Waals surface area contributed by atoms with Crippen LogP contribution in [0.2, 0.25) is 0 Å². The standard InChI is InChI=1S/C48H32N6O2/c1-55-35-7-3-5-33(25-35)47-41-21-19-39(52-41)45(31-13-9-29(27-49)10-14-31)37-17-18-38(51-37)46(32-15-11-30(28-50)12-16-32)40-20-22-42(53-40)48(44-24-23-43(47)54-44)34-6-4-8-36(26-34)56-2/h3-26,52-53H,1-2H3. The van der Waals surface area contributed by atoms with Crippen molar-refractivity contribution in [2.75, 3.05) is 14.2 Å². The number of rotatable bonds is 6. The first-order chi connectivity index (χ1) is 27.5. The zero-order valence-corrected chi connectivity index (χ0v) is 30.5. The van der Waals surface area contributed by atoms with Crippen LogP contribution in [-0.2, 0) is 0 Å². The molecule has 0 aliphatic carbocycles. The molecule has 0 unspecified atom stereocenters. The van der Waals surface area contributed by atoms with Crippen molar-refractivity contribution in [3.8, 4) is 68.1 Å². The fourth-order valence-electron chi connectivity index (χ4n) is 7.40. The molecule has 5 heterocycles. The van der Waals surface area contributed by atoms with Gasteiger partial charge in [0.1, 0.15) is 11.5 Å². The fraction of sp³-hybridized carbons (Fsp3) is 0.0417. The molecule has 266 valence electrons. The third kappa shape index (κ3) is 6.08. The lowest BCUT2D eigenvalue weighted by atomic mass is 10.0. The Morgan fingerprint density at radius 2 is 0.768 bits per heavy atom. The molecule has 2 aliphatic heterocycles. The van der Waals surface area contributed by atoms with E-state index in [0.717, 1.165) is 101 Å². The molecule has 0 saturated carbocycles. The Balaban J connectivity index is 1.46. The first-order valence-corrected chi connectivity index (χ1v) is 18.0. The minimum absolute atomic E-state index is 0.571. The second-order valence-electron chi connectivity index (χ2n) is 13.3. The third-order valence-electron chi connectivity index (χ3n) is 10.1. The molecule has 0 atom stereocenters. The topological polar surface area (TPSA) is 123 Å². The molecule has 0 spiro atoms. The molecular weight excluding hydrogens is 693 g/mol. The van der Waals surface area contributed by atoms with Crippen molar-refractivity contribution in [1.82, 2.24) is 19.9 Å². The highest BCUT2D eigenvalue weighted by Gasteiger charge is 2.19. The molecule has 7 aromatic rings. The van der Waals surface area contributed by atoms with Crippen molar-refractivity contribution in [3.63, 3.8) is 0 Å². The number of hydrogen-bond donors (Lipinski definition) is 2. The van der Waals surface area contributed by atoms with Crippen LogP contribution >= 0.6 is 0 Å². The summed E-state index contributed by atoms with van der Waals surface area (Å²) in [6.45, 7) is 0. The Hall–Kier alpha value is -7.94.